The lowest BCUT2D eigenvalue weighted by Gasteiger charge is -2.18. The quantitative estimate of drug-likeness (QED) is 0.743. The minimum absolute atomic E-state index is 0.0752. The van der Waals surface area contributed by atoms with Crippen LogP contribution in [0.4, 0.5) is 0 Å². The van der Waals surface area contributed by atoms with Gasteiger partial charge in [0.2, 0.25) is 11.7 Å². The average Bonchev–Trinajstić information content (AvgIpc) is 3.12. The zero-order valence-corrected chi connectivity index (χ0v) is 14.2. The van der Waals surface area contributed by atoms with E-state index >= 15 is 0 Å². The smallest absolute Gasteiger partial charge is 0.244 e. The third-order valence-corrected chi connectivity index (χ3v) is 3.90. The van der Waals surface area contributed by atoms with Crippen molar-refractivity contribution in [3.8, 4) is 17.5 Å². The topological polar surface area (TPSA) is 87.6 Å². The molecule has 2 heterocycles. The van der Waals surface area contributed by atoms with Crippen LogP contribution >= 0.6 is 0 Å². The van der Waals surface area contributed by atoms with Gasteiger partial charge in [-0.05, 0) is 35.7 Å². The van der Waals surface area contributed by atoms with Gasteiger partial charge in [-0.2, -0.15) is 10.2 Å². The number of nitrogens with one attached hydrogen (secondary N) is 1. The molecule has 3 aromatic rings. The van der Waals surface area contributed by atoms with E-state index in [-0.39, 0.29) is 12.0 Å². The van der Waals surface area contributed by atoms with Gasteiger partial charge in [-0.3, -0.25) is 4.98 Å². The number of hydrogen-bond donors (Lipinski definition) is 1. The molecule has 0 fully saturated rings. The van der Waals surface area contributed by atoms with Gasteiger partial charge in [-0.1, -0.05) is 31.1 Å². The lowest BCUT2D eigenvalue weighted by Crippen LogP contribution is -2.25. The molecule has 3 rings (SSSR count). The highest BCUT2D eigenvalue weighted by molar-refractivity contribution is 5.52. The number of nitrogens with zero attached hydrogens (tertiary/aromatic N) is 4. The van der Waals surface area contributed by atoms with E-state index in [4.69, 9.17) is 9.78 Å². The van der Waals surface area contributed by atoms with Gasteiger partial charge in [0.1, 0.15) is 0 Å². The molecule has 1 N–H and O–H groups in total. The van der Waals surface area contributed by atoms with Crippen LogP contribution in [0.2, 0.25) is 0 Å². The number of benzene rings is 1. The third kappa shape index (κ3) is 4.08. The van der Waals surface area contributed by atoms with Gasteiger partial charge in [0.25, 0.3) is 0 Å². The third-order valence-electron chi connectivity index (χ3n) is 3.90. The standard InChI is InChI=1S/C19H19N5O/c1-13(2)17(22-12-15-5-3-4-14(10-15)11-20)19-23-18(24-25-19)16-6-8-21-9-7-16/h3-10,13,17,22H,12H2,1-2H3. The van der Waals surface area contributed by atoms with E-state index in [9.17, 15) is 0 Å². The summed E-state index contributed by atoms with van der Waals surface area (Å²) < 4.78 is 5.48. The second kappa shape index (κ2) is 7.69. The SMILES string of the molecule is CC(C)C(NCc1cccc(C#N)c1)c1nc(-c2ccncc2)no1. The molecule has 0 saturated carbocycles. The monoisotopic (exact) mass is 333 g/mol. The van der Waals surface area contributed by atoms with Crippen molar-refractivity contribution in [2.24, 2.45) is 5.92 Å². The van der Waals surface area contributed by atoms with Crippen molar-refractivity contribution in [1.29, 1.82) is 5.26 Å². The van der Waals surface area contributed by atoms with Crippen LogP contribution in [-0.4, -0.2) is 15.1 Å². The zero-order valence-electron chi connectivity index (χ0n) is 14.2. The number of rotatable bonds is 6. The summed E-state index contributed by atoms with van der Waals surface area (Å²) in [6.45, 7) is 4.81. The van der Waals surface area contributed by atoms with E-state index in [0.717, 1.165) is 11.1 Å². The van der Waals surface area contributed by atoms with E-state index in [1.165, 1.54) is 0 Å². The van der Waals surface area contributed by atoms with Crippen LogP contribution < -0.4 is 5.32 Å². The van der Waals surface area contributed by atoms with Crippen LogP contribution in [0.15, 0.2) is 53.3 Å². The largest absolute Gasteiger partial charge is 0.337 e. The summed E-state index contributed by atoms with van der Waals surface area (Å²) in [6, 6.07) is 13.3. The first-order valence-electron chi connectivity index (χ1n) is 8.14. The van der Waals surface area contributed by atoms with Crippen molar-refractivity contribution in [3.63, 3.8) is 0 Å². The molecular weight excluding hydrogens is 314 g/mol. The van der Waals surface area contributed by atoms with Crippen LogP contribution in [0.25, 0.3) is 11.4 Å². The Bertz CT molecular complexity index is 867. The molecule has 0 aliphatic carbocycles. The molecule has 0 bridgehead atoms. The lowest BCUT2D eigenvalue weighted by molar-refractivity contribution is 0.288. The Morgan fingerprint density at radius 2 is 2.00 bits per heavy atom. The first kappa shape index (κ1) is 16.8. The Labute approximate surface area is 146 Å². The molecule has 6 heteroatoms. The molecular formula is C19H19N5O. The van der Waals surface area contributed by atoms with Crippen LogP contribution in [0, 0.1) is 17.2 Å². The predicted molar refractivity (Wildman–Crippen MR) is 93.1 cm³/mol. The summed E-state index contributed by atoms with van der Waals surface area (Å²) in [6.07, 6.45) is 3.40. The molecule has 0 amide bonds. The molecule has 0 spiro atoms. The van der Waals surface area contributed by atoms with E-state index in [1.54, 1.807) is 18.5 Å². The normalized spacial score (nSPS) is 12.1. The maximum atomic E-state index is 9.01. The molecule has 25 heavy (non-hydrogen) atoms. The van der Waals surface area contributed by atoms with Crippen LogP contribution in [0.5, 0.6) is 0 Å². The number of hydrogen-bond acceptors (Lipinski definition) is 6. The Morgan fingerprint density at radius 3 is 2.72 bits per heavy atom. The Balaban J connectivity index is 1.75. The average molecular weight is 333 g/mol. The summed E-state index contributed by atoms with van der Waals surface area (Å²) in [5.74, 6) is 1.37. The van der Waals surface area contributed by atoms with Crippen molar-refractivity contribution in [2.45, 2.75) is 26.4 Å². The minimum Gasteiger partial charge on any atom is -0.337 e. The molecule has 2 aromatic heterocycles. The summed E-state index contributed by atoms with van der Waals surface area (Å²) in [4.78, 5) is 8.52. The highest BCUT2D eigenvalue weighted by Gasteiger charge is 2.22. The second-order valence-electron chi connectivity index (χ2n) is 6.11. The number of nitriles is 1. The first-order valence-corrected chi connectivity index (χ1v) is 8.14. The maximum Gasteiger partial charge on any atom is 0.244 e. The fraction of sp³-hybridized carbons (Fsp3) is 0.263. The first-order chi connectivity index (χ1) is 12.2. The van der Waals surface area contributed by atoms with E-state index in [2.05, 4.69) is 40.4 Å². The second-order valence-corrected chi connectivity index (χ2v) is 6.11. The summed E-state index contributed by atoms with van der Waals surface area (Å²) >= 11 is 0. The van der Waals surface area contributed by atoms with Crippen LogP contribution in [-0.2, 0) is 6.54 Å². The van der Waals surface area contributed by atoms with Crippen molar-refractivity contribution in [1.82, 2.24) is 20.4 Å². The van der Waals surface area contributed by atoms with E-state index in [1.807, 2.05) is 30.3 Å². The summed E-state index contributed by atoms with van der Waals surface area (Å²) in [7, 11) is 0. The fourth-order valence-corrected chi connectivity index (χ4v) is 2.57. The van der Waals surface area contributed by atoms with Crippen molar-refractivity contribution in [2.75, 3.05) is 0 Å². The highest BCUT2D eigenvalue weighted by atomic mass is 16.5. The van der Waals surface area contributed by atoms with Crippen molar-refractivity contribution < 1.29 is 4.52 Å². The van der Waals surface area contributed by atoms with Crippen LogP contribution in [0.3, 0.4) is 0 Å². The van der Waals surface area contributed by atoms with Crippen molar-refractivity contribution >= 4 is 0 Å². The van der Waals surface area contributed by atoms with Gasteiger partial charge in [0.05, 0.1) is 17.7 Å². The Hall–Kier alpha value is -3.04. The summed E-state index contributed by atoms with van der Waals surface area (Å²) in [5.41, 5.74) is 2.56. The molecule has 1 unspecified atom stereocenters. The summed E-state index contributed by atoms with van der Waals surface area (Å²) in [5, 5.41) is 16.5. The fourth-order valence-electron chi connectivity index (χ4n) is 2.57. The molecule has 0 radical (unpaired) electrons. The zero-order chi connectivity index (χ0) is 17.6. The van der Waals surface area contributed by atoms with Crippen LogP contribution in [0.1, 0.15) is 36.9 Å². The van der Waals surface area contributed by atoms with Gasteiger partial charge in [-0.25, -0.2) is 0 Å². The van der Waals surface area contributed by atoms with Gasteiger partial charge in [-0.15, -0.1) is 0 Å². The van der Waals surface area contributed by atoms with Gasteiger partial charge >= 0.3 is 0 Å². The number of aromatic nitrogens is 3. The Morgan fingerprint density at radius 1 is 1.20 bits per heavy atom. The van der Waals surface area contributed by atoms with Crippen molar-refractivity contribution in [3.05, 3.63) is 65.8 Å². The molecule has 126 valence electrons. The van der Waals surface area contributed by atoms with Gasteiger partial charge in [0.15, 0.2) is 0 Å². The highest BCUT2D eigenvalue weighted by Crippen LogP contribution is 2.23. The molecule has 1 aromatic carbocycles. The maximum absolute atomic E-state index is 9.01. The predicted octanol–water partition coefficient (Wildman–Crippen LogP) is 3.49. The Kier molecular flexibility index (Phi) is 5.17. The van der Waals surface area contributed by atoms with Gasteiger partial charge in [0, 0.05) is 24.5 Å². The van der Waals surface area contributed by atoms with Gasteiger partial charge < -0.3 is 9.84 Å². The molecule has 0 saturated heterocycles. The van der Waals surface area contributed by atoms with E-state index < -0.39 is 0 Å². The van der Waals surface area contributed by atoms with E-state index in [0.29, 0.717) is 23.8 Å². The lowest BCUT2D eigenvalue weighted by atomic mass is 10.0. The molecule has 0 aliphatic rings. The number of pyridine rings is 1. The molecule has 6 nitrogen and oxygen atoms in total. The minimum atomic E-state index is -0.0752. The molecule has 0 aliphatic heterocycles. The molecule has 1 atom stereocenters.